The predicted molar refractivity (Wildman–Crippen MR) is 46.7 cm³/mol. The lowest BCUT2D eigenvalue weighted by Gasteiger charge is -2.03. The highest BCUT2D eigenvalue weighted by atomic mass is 16.5. The molecule has 0 heterocycles. The van der Waals surface area contributed by atoms with Crippen molar-refractivity contribution in [1.82, 2.24) is 10.6 Å². The number of hydrogen-bond acceptors (Lipinski definition) is 4. The maximum absolute atomic E-state index is 10.9. The molecule has 72 valence electrons. The average molecular weight is 184 g/mol. The van der Waals surface area contributed by atoms with E-state index in [9.17, 15) is 9.59 Å². The van der Waals surface area contributed by atoms with Crippen molar-refractivity contribution in [2.24, 2.45) is 0 Å². The first-order valence-electron chi connectivity index (χ1n) is 3.68. The van der Waals surface area contributed by atoms with Crippen LogP contribution in [0.25, 0.3) is 0 Å². The third-order valence-electron chi connectivity index (χ3n) is 1.17. The smallest absolute Gasteiger partial charge is 0.325 e. The van der Waals surface area contributed by atoms with Crippen LogP contribution in [0.1, 0.15) is 0 Å². The molecular formula is C8H12N2O3. The molecule has 0 saturated carbocycles. The van der Waals surface area contributed by atoms with Crippen molar-refractivity contribution in [3.05, 3.63) is 0 Å². The summed E-state index contributed by atoms with van der Waals surface area (Å²) in [5, 5.41) is 5.02. The van der Waals surface area contributed by atoms with E-state index in [1.54, 1.807) is 0 Å². The molecule has 0 rings (SSSR count). The van der Waals surface area contributed by atoms with Crippen molar-refractivity contribution >= 4 is 11.9 Å². The van der Waals surface area contributed by atoms with Gasteiger partial charge in [-0.3, -0.25) is 14.9 Å². The second kappa shape index (κ2) is 7.13. The van der Waals surface area contributed by atoms with Gasteiger partial charge in [0.25, 0.3) is 0 Å². The van der Waals surface area contributed by atoms with Gasteiger partial charge in [-0.15, -0.1) is 6.42 Å². The summed E-state index contributed by atoms with van der Waals surface area (Å²) in [6.45, 7) is 0.305. The molecule has 0 aliphatic carbocycles. The number of esters is 1. The van der Waals surface area contributed by atoms with Crippen LogP contribution in [0.4, 0.5) is 0 Å². The fourth-order valence-corrected chi connectivity index (χ4v) is 0.554. The quantitative estimate of drug-likeness (QED) is 0.310. The number of methoxy groups -OCH3 is 1. The largest absolute Gasteiger partial charge is 0.468 e. The third kappa shape index (κ3) is 6.84. The average Bonchev–Trinajstić information content (AvgIpc) is 2.14. The van der Waals surface area contributed by atoms with E-state index in [4.69, 9.17) is 6.42 Å². The van der Waals surface area contributed by atoms with Crippen molar-refractivity contribution in [3.8, 4) is 12.3 Å². The van der Waals surface area contributed by atoms with Crippen molar-refractivity contribution in [3.63, 3.8) is 0 Å². The highest BCUT2D eigenvalue weighted by Crippen LogP contribution is 1.70. The van der Waals surface area contributed by atoms with E-state index in [1.165, 1.54) is 7.11 Å². The molecule has 5 nitrogen and oxygen atoms in total. The van der Waals surface area contributed by atoms with Gasteiger partial charge in [-0.2, -0.15) is 0 Å². The molecule has 0 aliphatic rings. The van der Waals surface area contributed by atoms with Gasteiger partial charge in [0.05, 0.1) is 20.2 Å². The highest BCUT2D eigenvalue weighted by Gasteiger charge is 2.03. The monoisotopic (exact) mass is 184 g/mol. The molecule has 0 aliphatic heterocycles. The van der Waals surface area contributed by atoms with E-state index < -0.39 is 5.97 Å². The Morgan fingerprint density at radius 1 is 1.46 bits per heavy atom. The summed E-state index contributed by atoms with van der Waals surface area (Å²) in [5.74, 6) is 1.54. The molecule has 0 aromatic heterocycles. The van der Waals surface area contributed by atoms with Crippen LogP contribution >= 0.6 is 0 Å². The van der Waals surface area contributed by atoms with Crippen molar-refractivity contribution in [1.29, 1.82) is 0 Å². The standard InChI is InChI=1S/C8H12N2O3/c1-3-4-9-5-7(11)10-6-8(12)13-2/h1,9H,4-6H2,2H3,(H,10,11). The van der Waals surface area contributed by atoms with E-state index in [0.29, 0.717) is 6.54 Å². The van der Waals surface area contributed by atoms with Gasteiger partial charge < -0.3 is 10.1 Å². The van der Waals surface area contributed by atoms with E-state index in [1.807, 2.05) is 0 Å². The molecule has 0 unspecified atom stereocenters. The van der Waals surface area contributed by atoms with E-state index in [-0.39, 0.29) is 19.0 Å². The van der Waals surface area contributed by atoms with Crippen LogP contribution in [0.2, 0.25) is 0 Å². The number of amides is 1. The molecule has 0 saturated heterocycles. The molecule has 0 aromatic carbocycles. The summed E-state index contributed by atoms with van der Waals surface area (Å²) in [6, 6.07) is 0. The number of terminal acetylenes is 1. The molecule has 0 spiro atoms. The Hall–Kier alpha value is -1.54. The van der Waals surface area contributed by atoms with Gasteiger partial charge in [-0.1, -0.05) is 5.92 Å². The van der Waals surface area contributed by atoms with Crippen LogP contribution in [-0.4, -0.2) is 38.6 Å². The summed E-state index contributed by atoms with van der Waals surface area (Å²) >= 11 is 0. The predicted octanol–water partition coefficient (Wildman–Crippen LogP) is -1.50. The van der Waals surface area contributed by atoms with Crippen LogP contribution in [0, 0.1) is 12.3 Å². The zero-order valence-corrected chi connectivity index (χ0v) is 7.42. The maximum atomic E-state index is 10.9. The van der Waals surface area contributed by atoms with Gasteiger partial charge >= 0.3 is 5.97 Å². The molecule has 0 aromatic rings. The number of ether oxygens (including phenoxy) is 1. The fourth-order valence-electron chi connectivity index (χ4n) is 0.554. The number of carbonyl (C=O) groups excluding carboxylic acids is 2. The molecule has 0 bridgehead atoms. The molecule has 5 heteroatoms. The van der Waals surface area contributed by atoms with Gasteiger partial charge in [0.15, 0.2) is 0 Å². The number of carbonyl (C=O) groups is 2. The normalized spacial score (nSPS) is 8.62. The summed E-state index contributed by atoms with van der Waals surface area (Å²) in [5.41, 5.74) is 0. The highest BCUT2D eigenvalue weighted by molar-refractivity contribution is 5.83. The van der Waals surface area contributed by atoms with Crippen LogP contribution in [0.5, 0.6) is 0 Å². The zero-order valence-electron chi connectivity index (χ0n) is 7.42. The maximum Gasteiger partial charge on any atom is 0.325 e. The molecule has 2 N–H and O–H groups in total. The minimum atomic E-state index is -0.481. The Labute approximate surface area is 76.8 Å². The van der Waals surface area contributed by atoms with Gasteiger partial charge in [0.2, 0.25) is 5.91 Å². The Kier molecular flexibility index (Phi) is 6.28. The van der Waals surface area contributed by atoms with Crippen LogP contribution < -0.4 is 10.6 Å². The van der Waals surface area contributed by atoms with Crippen LogP contribution in [-0.2, 0) is 14.3 Å². The summed E-state index contributed by atoms with van der Waals surface area (Å²) in [7, 11) is 1.26. The molecule has 13 heavy (non-hydrogen) atoms. The summed E-state index contributed by atoms with van der Waals surface area (Å²) in [6.07, 6.45) is 4.94. The summed E-state index contributed by atoms with van der Waals surface area (Å²) < 4.78 is 4.32. The number of rotatable bonds is 5. The minimum Gasteiger partial charge on any atom is -0.468 e. The number of hydrogen-bond donors (Lipinski definition) is 2. The molecule has 1 amide bonds. The van der Waals surface area contributed by atoms with Gasteiger partial charge in [0.1, 0.15) is 6.54 Å². The molecular weight excluding hydrogens is 172 g/mol. The van der Waals surface area contributed by atoms with Gasteiger partial charge in [-0.05, 0) is 0 Å². The van der Waals surface area contributed by atoms with Crippen LogP contribution in [0.15, 0.2) is 0 Å². The zero-order chi connectivity index (χ0) is 10.1. The van der Waals surface area contributed by atoms with Crippen LogP contribution in [0.3, 0.4) is 0 Å². The second-order valence-electron chi connectivity index (χ2n) is 2.16. The lowest BCUT2D eigenvalue weighted by molar-refractivity contribution is -0.141. The molecule has 0 fully saturated rings. The second-order valence-corrected chi connectivity index (χ2v) is 2.16. The first-order valence-corrected chi connectivity index (χ1v) is 3.68. The van der Waals surface area contributed by atoms with Gasteiger partial charge in [0, 0.05) is 0 Å². The van der Waals surface area contributed by atoms with Crippen molar-refractivity contribution < 1.29 is 14.3 Å². The van der Waals surface area contributed by atoms with Gasteiger partial charge in [-0.25, -0.2) is 0 Å². The fraction of sp³-hybridized carbons (Fsp3) is 0.500. The minimum absolute atomic E-state index is 0.0984. The lowest BCUT2D eigenvalue weighted by atomic mass is 10.5. The first kappa shape index (κ1) is 11.5. The SMILES string of the molecule is C#CCNCC(=O)NCC(=O)OC. The number of nitrogens with one attached hydrogen (secondary N) is 2. The Bertz CT molecular complexity index is 220. The van der Waals surface area contributed by atoms with E-state index in [0.717, 1.165) is 0 Å². The Morgan fingerprint density at radius 3 is 2.69 bits per heavy atom. The third-order valence-corrected chi connectivity index (χ3v) is 1.17. The lowest BCUT2D eigenvalue weighted by Crippen LogP contribution is -2.37. The van der Waals surface area contributed by atoms with E-state index >= 15 is 0 Å². The van der Waals surface area contributed by atoms with E-state index in [2.05, 4.69) is 21.3 Å². The molecule has 0 atom stereocenters. The summed E-state index contributed by atoms with van der Waals surface area (Å²) in [4.78, 5) is 21.4. The van der Waals surface area contributed by atoms with Crippen molar-refractivity contribution in [2.75, 3.05) is 26.7 Å². The van der Waals surface area contributed by atoms with Crippen molar-refractivity contribution in [2.45, 2.75) is 0 Å². The first-order chi connectivity index (χ1) is 6.20. The Morgan fingerprint density at radius 2 is 2.15 bits per heavy atom. The molecule has 0 radical (unpaired) electrons. The Balaban J connectivity index is 3.42. The topological polar surface area (TPSA) is 67.4 Å².